The van der Waals surface area contributed by atoms with Crippen LogP contribution in [0, 0.1) is 5.92 Å². The van der Waals surface area contributed by atoms with Gasteiger partial charge in [-0.2, -0.15) is 0 Å². The van der Waals surface area contributed by atoms with Crippen LogP contribution in [0.5, 0.6) is 17.2 Å². The Hall–Kier alpha value is -1.46. The molecule has 3 rings (SSSR count). The normalized spacial score (nSPS) is 20.9. The summed E-state index contributed by atoms with van der Waals surface area (Å²) in [6, 6.07) is 4.50. The van der Waals surface area contributed by atoms with Crippen molar-refractivity contribution in [2.45, 2.75) is 38.1 Å². The van der Waals surface area contributed by atoms with Crippen LogP contribution in [0.15, 0.2) is 12.1 Å². The van der Waals surface area contributed by atoms with Crippen LogP contribution in [0.2, 0.25) is 0 Å². The minimum atomic E-state index is 0.386. The predicted octanol–water partition coefficient (Wildman–Crippen LogP) is 3.24. The minimum absolute atomic E-state index is 0.386. The smallest absolute Gasteiger partial charge is 0.164 e. The summed E-state index contributed by atoms with van der Waals surface area (Å²) in [6.07, 6.45) is 6.64. The molecule has 1 aliphatic carbocycles. The van der Waals surface area contributed by atoms with Gasteiger partial charge in [0.15, 0.2) is 11.5 Å². The van der Waals surface area contributed by atoms with Crippen molar-refractivity contribution in [3.05, 3.63) is 17.7 Å². The number of nitrogens with one attached hydrogen (secondary N) is 1. The molecule has 0 spiro atoms. The topological polar surface area (TPSA) is 43.0 Å². The summed E-state index contributed by atoms with van der Waals surface area (Å²) < 4.78 is 16.8. The van der Waals surface area contributed by atoms with Gasteiger partial charge in [-0.1, -0.05) is 19.3 Å². The number of benzene rings is 1. The van der Waals surface area contributed by atoms with Crippen LogP contribution >= 0.6 is 0 Å². The van der Waals surface area contributed by atoms with Crippen molar-refractivity contribution in [1.29, 1.82) is 0 Å². The highest BCUT2D eigenvalue weighted by Crippen LogP contribution is 2.45. The lowest BCUT2D eigenvalue weighted by Crippen LogP contribution is -2.47. The second kappa shape index (κ2) is 8.77. The summed E-state index contributed by atoms with van der Waals surface area (Å²) in [5.41, 5.74) is 1.24. The van der Waals surface area contributed by atoms with Crippen LogP contribution in [0.1, 0.15) is 43.7 Å². The van der Waals surface area contributed by atoms with Crippen molar-refractivity contribution in [3.63, 3.8) is 0 Å². The van der Waals surface area contributed by atoms with Gasteiger partial charge in [0.05, 0.1) is 21.3 Å². The molecule has 0 amide bonds. The van der Waals surface area contributed by atoms with E-state index in [4.69, 9.17) is 14.2 Å². The molecular formula is C20H32N2O3. The maximum absolute atomic E-state index is 5.77. The summed E-state index contributed by atoms with van der Waals surface area (Å²) in [7, 11) is 5.13. The molecule has 25 heavy (non-hydrogen) atoms. The molecule has 0 aromatic heterocycles. The largest absolute Gasteiger partial charge is 0.496 e. The number of piperazine rings is 1. The Morgan fingerprint density at radius 1 is 0.880 bits per heavy atom. The second-order valence-corrected chi connectivity index (χ2v) is 7.08. The summed E-state index contributed by atoms with van der Waals surface area (Å²) in [6.45, 7) is 4.27. The van der Waals surface area contributed by atoms with E-state index < -0.39 is 0 Å². The van der Waals surface area contributed by atoms with Gasteiger partial charge in [-0.3, -0.25) is 4.90 Å². The molecule has 1 saturated carbocycles. The fraction of sp³-hybridized carbons (Fsp3) is 0.700. The standard InChI is InChI=1S/C20H32N2O3/c1-23-17-14-19(25-3)18(24-2)13-16(17)20(15-7-5-4-6-8-15)22-11-9-21-10-12-22/h13-15,20-21H,4-12H2,1-3H3/t20-/m1/s1. The first-order valence-corrected chi connectivity index (χ1v) is 9.53. The number of nitrogens with zero attached hydrogens (tertiary/aromatic N) is 1. The molecule has 0 unspecified atom stereocenters. The van der Waals surface area contributed by atoms with E-state index in [0.29, 0.717) is 12.0 Å². The summed E-state index contributed by atoms with van der Waals surface area (Å²) in [5.74, 6) is 3.10. The third kappa shape index (κ3) is 4.04. The van der Waals surface area contributed by atoms with Gasteiger partial charge in [-0.15, -0.1) is 0 Å². The highest BCUT2D eigenvalue weighted by molar-refractivity contribution is 5.52. The summed E-state index contributed by atoms with van der Waals surface area (Å²) in [4.78, 5) is 2.64. The maximum Gasteiger partial charge on any atom is 0.164 e. The van der Waals surface area contributed by atoms with Gasteiger partial charge in [0.25, 0.3) is 0 Å². The first-order chi connectivity index (χ1) is 12.3. The van der Waals surface area contributed by atoms with E-state index in [9.17, 15) is 0 Å². The van der Waals surface area contributed by atoms with Crippen LogP contribution in [-0.4, -0.2) is 52.4 Å². The van der Waals surface area contributed by atoms with Crippen molar-refractivity contribution in [3.8, 4) is 17.2 Å². The first-order valence-electron chi connectivity index (χ1n) is 9.53. The van der Waals surface area contributed by atoms with Gasteiger partial charge in [0, 0.05) is 43.9 Å². The average Bonchev–Trinajstić information content (AvgIpc) is 2.69. The van der Waals surface area contributed by atoms with E-state index >= 15 is 0 Å². The van der Waals surface area contributed by atoms with Gasteiger partial charge < -0.3 is 19.5 Å². The van der Waals surface area contributed by atoms with Gasteiger partial charge in [-0.05, 0) is 24.8 Å². The molecule has 0 bridgehead atoms. The van der Waals surface area contributed by atoms with Crippen molar-refractivity contribution in [2.75, 3.05) is 47.5 Å². The highest BCUT2D eigenvalue weighted by atomic mass is 16.5. The molecule has 5 nitrogen and oxygen atoms in total. The zero-order valence-corrected chi connectivity index (χ0v) is 15.8. The SMILES string of the molecule is COc1cc(OC)c([C@@H](C2CCCCC2)N2CCNCC2)cc1OC. The number of hydrogen-bond donors (Lipinski definition) is 1. The molecule has 1 atom stereocenters. The molecule has 2 fully saturated rings. The Labute approximate surface area is 151 Å². The third-order valence-corrected chi connectivity index (χ3v) is 5.70. The van der Waals surface area contributed by atoms with Gasteiger partial charge in [0.1, 0.15) is 5.75 Å². The van der Waals surface area contributed by atoms with E-state index in [1.807, 2.05) is 6.07 Å². The average molecular weight is 348 g/mol. The molecule has 0 radical (unpaired) electrons. The van der Waals surface area contributed by atoms with E-state index in [2.05, 4.69) is 16.3 Å². The fourth-order valence-corrected chi connectivity index (χ4v) is 4.44. The minimum Gasteiger partial charge on any atom is -0.496 e. The molecule has 1 heterocycles. The van der Waals surface area contributed by atoms with E-state index in [1.54, 1.807) is 21.3 Å². The summed E-state index contributed by atoms with van der Waals surface area (Å²) in [5, 5.41) is 3.48. The molecule has 1 aromatic carbocycles. The molecular weight excluding hydrogens is 316 g/mol. The molecule has 1 N–H and O–H groups in total. The maximum atomic E-state index is 5.77. The predicted molar refractivity (Wildman–Crippen MR) is 99.9 cm³/mol. The Morgan fingerprint density at radius 3 is 2.08 bits per heavy atom. The third-order valence-electron chi connectivity index (χ3n) is 5.70. The molecule has 140 valence electrons. The second-order valence-electron chi connectivity index (χ2n) is 7.08. The number of ether oxygens (including phenoxy) is 3. The molecule has 1 saturated heterocycles. The van der Waals surface area contributed by atoms with Crippen molar-refractivity contribution >= 4 is 0 Å². The molecule has 1 aromatic rings. The van der Waals surface area contributed by atoms with E-state index in [-0.39, 0.29) is 0 Å². The Morgan fingerprint density at radius 2 is 1.48 bits per heavy atom. The molecule has 5 heteroatoms. The zero-order chi connectivity index (χ0) is 17.6. The van der Waals surface area contributed by atoms with Crippen LogP contribution < -0.4 is 19.5 Å². The Kier molecular flexibility index (Phi) is 6.43. The van der Waals surface area contributed by atoms with Gasteiger partial charge in [-0.25, -0.2) is 0 Å². The zero-order valence-electron chi connectivity index (χ0n) is 15.8. The monoisotopic (exact) mass is 348 g/mol. The molecule has 1 aliphatic heterocycles. The lowest BCUT2D eigenvalue weighted by atomic mass is 9.79. The van der Waals surface area contributed by atoms with Crippen molar-refractivity contribution in [2.24, 2.45) is 5.92 Å². The highest BCUT2D eigenvalue weighted by Gasteiger charge is 2.33. The van der Waals surface area contributed by atoms with Crippen LogP contribution in [-0.2, 0) is 0 Å². The van der Waals surface area contributed by atoms with Crippen LogP contribution in [0.25, 0.3) is 0 Å². The Bertz CT molecular complexity index is 534. The molecule has 2 aliphatic rings. The van der Waals surface area contributed by atoms with Crippen molar-refractivity contribution in [1.82, 2.24) is 10.2 Å². The summed E-state index contributed by atoms with van der Waals surface area (Å²) >= 11 is 0. The van der Waals surface area contributed by atoms with Gasteiger partial charge >= 0.3 is 0 Å². The number of rotatable bonds is 6. The first kappa shape index (κ1) is 18.3. The lowest BCUT2D eigenvalue weighted by molar-refractivity contribution is 0.101. The van der Waals surface area contributed by atoms with E-state index in [1.165, 1.54) is 37.7 Å². The van der Waals surface area contributed by atoms with Gasteiger partial charge in [0.2, 0.25) is 0 Å². The fourth-order valence-electron chi connectivity index (χ4n) is 4.44. The number of methoxy groups -OCH3 is 3. The van der Waals surface area contributed by atoms with Crippen LogP contribution in [0.4, 0.5) is 0 Å². The number of hydrogen-bond acceptors (Lipinski definition) is 5. The lowest BCUT2D eigenvalue weighted by Gasteiger charge is -2.41. The quantitative estimate of drug-likeness (QED) is 0.855. The van der Waals surface area contributed by atoms with Crippen LogP contribution in [0.3, 0.4) is 0 Å². The van der Waals surface area contributed by atoms with Crippen molar-refractivity contribution < 1.29 is 14.2 Å². The van der Waals surface area contributed by atoms with E-state index in [0.717, 1.165) is 43.4 Å². The Balaban J connectivity index is 2.01.